The second-order valence-corrected chi connectivity index (χ2v) is 5.20. The van der Waals surface area contributed by atoms with Gasteiger partial charge in [0.2, 0.25) is 11.8 Å². The summed E-state index contributed by atoms with van der Waals surface area (Å²) in [6.45, 7) is 4.38. The summed E-state index contributed by atoms with van der Waals surface area (Å²) >= 11 is 0. The van der Waals surface area contributed by atoms with Gasteiger partial charge < -0.3 is 10.1 Å². The van der Waals surface area contributed by atoms with Gasteiger partial charge in [0.15, 0.2) is 0 Å². The zero-order valence-corrected chi connectivity index (χ0v) is 12.5. The van der Waals surface area contributed by atoms with Crippen LogP contribution in [0, 0.1) is 0 Å². The number of carbonyl (C=O) groups excluding carboxylic acids is 3. The number of nitrogens with zero attached hydrogens (tertiary/aromatic N) is 1. The zero-order valence-electron chi connectivity index (χ0n) is 12.5. The zero-order chi connectivity index (χ0) is 15.2. The third-order valence-electron chi connectivity index (χ3n) is 3.74. The first kappa shape index (κ1) is 16.6. The topological polar surface area (TPSA) is 75.7 Å². The van der Waals surface area contributed by atoms with E-state index < -0.39 is 5.54 Å². The molecule has 0 aliphatic carbocycles. The molecule has 1 N–H and O–H groups in total. The number of esters is 1. The first-order chi connectivity index (χ1) is 9.44. The molecule has 0 bridgehead atoms. The van der Waals surface area contributed by atoms with Crippen LogP contribution < -0.4 is 5.32 Å². The van der Waals surface area contributed by atoms with Gasteiger partial charge in [0, 0.05) is 19.4 Å². The summed E-state index contributed by atoms with van der Waals surface area (Å²) in [6.07, 6.45) is 2.71. The van der Waals surface area contributed by atoms with Crippen molar-refractivity contribution in [3.8, 4) is 0 Å². The predicted octanol–water partition coefficient (Wildman–Crippen LogP) is 0.847. The molecule has 0 aromatic heterocycles. The van der Waals surface area contributed by atoms with Crippen molar-refractivity contribution in [3.05, 3.63) is 0 Å². The Bertz CT molecular complexity index is 367. The minimum atomic E-state index is -0.713. The number of unbranched alkanes of at least 4 members (excludes halogenated alkanes) is 1. The van der Waals surface area contributed by atoms with Gasteiger partial charge in [-0.1, -0.05) is 0 Å². The monoisotopic (exact) mass is 284 g/mol. The summed E-state index contributed by atoms with van der Waals surface area (Å²) in [5, 5.41) is 2.99. The van der Waals surface area contributed by atoms with Crippen molar-refractivity contribution >= 4 is 17.8 Å². The van der Waals surface area contributed by atoms with E-state index in [0.29, 0.717) is 38.8 Å². The van der Waals surface area contributed by atoms with Crippen molar-refractivity contribution in [1.29, 1.82) is 0 Å². The SMILES string of the molecule is CCOC(=O)C(C)(CCCCN1C(=O)CCC1=O)NC. The van der Waals surface area contributed by atoms with Gasteiger partial charge in [0.25, 0.3) is 0 Å². The molecule has 1 saturated heterocycles. The minimum Gasteiger partial charge on any atom is -0.465 e. The van der Waals surface area contributed by atoms with Gasteiger partial charge in [0.05, 0.1) is 6.61 Å². The maximum absolute atomic E-state index is 11.8. The van der Waals surface area contributed by atoms with Gasteiger partial charge in [-0.25, -0.2) is 0 Å². The van der Waals surface area contributed by atoms with E-state index >= 15 is 0 Å². The van der Waals surface area contributed by atoms with Gasteiger partial charge in [-0.2, -0.15) is 0 Å². The predicted molar refractivity (Wildman–Crippen MR) is 73.9 cm³/mol. The number of imide groups is 1. The van der Waals surface area contributed by atoms with Crippen LogP contribution in [0.4, 0.5) is 0 Å². The molecule has 20 heavy (non-hydrogen) atoms. The molecule has 1 aliphatic heterocycles. The highest BCUT2D eigenvalue weighted by Crippen LogP contribution is 2.17. The van der Waals surface area contributed by atoms with Crippen LogP contribution in [0.5, 0.6) is 0 Å². The Morgan fingerprint density at radius 3 is 2.40 bits per heavy atom. The fourth-order valence-electron chi connectivity index (χ4n) is 2.24. The number of likely N-dealkylation sites (tertiary alicyclic amines) is 1. The molecule has 1 aliphatic rings. The maximum Gasteiger partial charge on any atom is 0.326 e. The average Bonchev–Trinajstić information content (AvgIpc) is 2.74. The van der Waals surface area contributed by atoms with Crippen molar-refractivity contribution in [3.63, 3.8) is 0 Å². The molecule has 1 rings (SSSR count). The normalized spacial score (nSPS) is 18.2. The smallest absolute Gasteiger partial charge is 0.326 e. The fourth-order valence-corrected chi connectivity index (χ4v) is 2.24. The summed E-state index contributed by atoms with van der Waals surface area (Å²) < 4.78 is 5.04. The standard InChI is InChI=1S/C14H24N2O4/c1-4-20-13(19)14(2,15-3)9-5-6-10-16-11(17)7-8-12(16)18/h15H,4-10H2,1-3H3. The molecule has 0 saturated carbocycles. The van der Waals surface area contributed by atoms with Gasteiger partial charge in [-0.3, -0.25) is 19.3 Å². The lowest BCUT2D eigenvalue weighted by Crippen LogP contribution is -2.48. The highest BCUT2D eigenvalue weighted by molar-refractivity contribution is 6.01. The van der Waals surface area contributed by atoms with Gasteiger partial charge in [-0.15, -0.1) is 0 Å². The molecule has 0 aromatic carbocycles. The van der Waals surface area contributed by atoms with E-state index in [0.717, 1.165) is 6.42 Å². The number of hydrogen-bond donors (Lipinski definition) is 1. The first-order valence-electron chi connectivity index (χ1n) is 7.14. The lowest BCUT2D eigenvalue weighted by molar-refractivity contribution is -0.150. The van der Waals surface area contributed by atoms with Crippen molar-refractivity contribution in [2.75, 3.05) is 20.2 Å². The van der Waals surface area contributed by atoms with Gasteiger partial charge in [0.1, 0.15) is 5.54 Å². The Hall–Kier alpha value is -1.43. The molecular formula is C14H24N2O4. The molecule has 2 amide bonds. The van der Waals surface area contributed by atoms with Crippen LogP contribution in [-0.4, -0.2) is 48.4 Å². The van der Waals surface area contributed by atoms with Crippen LogP contribution in [0.2, 0.25) is 0 Å². The molecular weight excluding hydrogens is 260 g/mol. The maximum atomic E-state index is 11.8. The van der Waals surface area contributed by atoms with E-state index in [1.807, 2.05) is 0 Å². The number of nitrogens with one attached hydrogen (secondary N) is 1. The Morgan fingerprint density at radius 2 is 1.90 bits per heavy atom. The quantitative estimate of drug-likeness (QED) is 0.406. The van der Waals surface area contributed by atoms with Crippen LogP contribution in [0.1, 0.15) is 46.0 Å². The number of amides is 2. The van der Waals surface area contributed by atoms with E-state index in [4.69, 9.17) is 4.74 Å². The Balaban J connectivity index is 2.36. The van der Waals surface area contributed by atoms with Crippen LogP contribution in [0.3, 0.4) is 0 Å². The molecule has 1 unspecified atom stereocenters. The molecule has 6 nitrogen and oxygen atoms in total. The molecule has 114 valence electrons. The second kappa shape index (κ2) is 7.38. The van der Waals surface area contributed by atoms with E-state index in [2.05, 4.69) is 5.32 Å². The van der Waals surface area contributed by atoms with E-state index in [1.54, 1.807) is 20.9 Å². The summed E-state index contributed by atoms with van der Waals surface area (Å²) in [5.74, 6) is -0.440. The summed E-state index contributed by atoms with van der Waals surface area (Å²) in [7, 11) is 1.73. The molecule has 0 spiro atoms. The lowest BCUT2D eigenvalue weighted by atomic mass is 9.95. The minimum absolute atomic E-state index is 0.0863. The van der Waals surface area contributed by atoms with Gasteiger partial charge >= 0.3 is 5.97 Å². The average molecular weight is 284 g/mol. The summed E-state index contributed by atoms with van der Waals surface area (Å²) in [5.41, 5.74) is -0.713. The summed E-state index contributed by atoms with van der Waals surface area (Å²) in [4.78, 5) is 36.1. The molecule has 1 atom stereocenters. The van der Waals surface area contributed by atoms with E-state index in [1.165, 1.54) is 4.90 Å². The van der Waals surface area contributed by atoms with E-state index in [-0.39, 0.29) is 17.8 Å². The molecule has 0 radical (unpaired) electrons. The van der Waals surface area contributed by atoms with Crippen LogP contribution in [0.25, 0.3) is 0 Å². The largest absolute Gasteiger partial charge is 0.465 e. The van der Waals surface area contributed by atoms with Crippen molar-refractivity contribution in [2.24, 2.45) is 0 Å². The third-order valence-corrected chi connectivity index (χ3v) is 3.74. The Morgan fingerprint density at radius 1 is 1.30 bits per heavy atom. The number of ether oxygens (including phenoxy) is 1. The number of carbonyl (C=O) groups is 3. The highest BCUT2D eigenvalue weighted by atomic mass is 16.5. The van der Waals surface area contributed by atoms with Crippen molar-refractivity contribution < 1.29 is 19.1 Å². The number of likely N-dealkylation sites (N-methyl/N-ethyl adjacent to an activating group) is 1. The Kier molecular flexibility index (Phi) is 6.13. The Labute approximate surface area is 119 Å². The molecule has 0 aromatic rings. The van der Waals surface area contributed by atoms with Crippen LogP contribution >= 0.6 is 0 Å². The molecule has 1 heterocycles. The van der Waals surface area contributed by atoms with Crippen LogP contribution in [0.15, 0.2) is 0 Å². The first-order valence-corrected chi connectivity index (χ1v) is 7.14. The number of hydrogen-bond acceptors (Lipinski definition) is 5. The highest BCUT2D eigenvalue weighted by Gasteiger charge is 2.33. The fraction of sp³-hybridized carbons (Fsp3) is 0.786. The van der Waals surface area contributed by atoms with Gasteiger partial charge in [-0.05, 0) is 40.2 Å². The van der Waals surface area contributed by atoms with Crippen molar-refractivity contribution in [2.45, 2.75) is 51.5 Å². The number of rotatable bonds is 8. The van der Waals surface area contributed by atoms with E-state index in [9.17, 15) is 14.4 Å². The second-order valence-electron chi connectivity index (χ2n) is 5.20. The van der Waals surface area contributed by atoms with Crippen molar-refractivity contribution in [1.82, 2.24) is 10.2 Å². The van der Waals surface area contributed by atoms with Crippen LogP contribution in [-0.2, 0) is 19.1 Å². The third kappa shape index (κ3) is 4.03. The molecule has 6 heteroatoms. The summed E-state index contributed by atoms with van der Waals surface area (Å²) in [6, 6.07) is 0. The molecule has 1 fully saturated rings. The lowest BCUT2D eigenvalue weighted by Gasteiger charge is -2.26.